The average molecular weight is 387 g/mol. The van der Waals surface area contributed by atoms with Crippen molar-refractivity contribution >= 4 is 33.5 Å². The number of fused-ring (bicyclic) bond motifs is 1. The SMILES string of the molecule is CC(C)CN1C(=O)N(C)C(=O)C12CCN(Cc1nc3ccccc3s1)CC2. The number of likely N-dealkylation sites (N-methyl/N-ethyl adjacent to an activating group) is 1. The molecule has 1 aromatic carbocycles. The highest BCUT2D eigenvalue weighted by Crippen LogP contribution is 2.37. The molecule has 0 saturated carbocycles. The van der Waals surface area contributed by atoms with Crippen molar-refractivity contribution in [3.63, 3.8) is 0 Å². The fourth-order valence-electron chi connectivity index (χ4n) is 4.24. The lowest BCUT2D eigenvalue weighted by Gasteiger charge is -2.42. The summed E-state index contributed by atoms with van der Waals surface area (Å²) < 4.78 is 1.21. The number of carbonyl (C=O) groups excluding carboxylic acids is 2. The summed E-state index contributed by atoms with van der Waals surface area (Å²) >= 11 is 1.73. The predicted octanol–water partition coefficient (Wildman–Crippen LogP) is 3.18. The van der Waals surface area contributed by atoms with E-state index in [0.717, 1.165) is 30.2 Å². The molecule has 0 radical (unpaired) electrons. The summed E-state index contributed by atoms with van der Waals surface area (Å²) in [4.78, 5) is 35.7. The first-order valence-electron chi connectivity index (χ1n) is 9.57. The lowest BCUT2D eigenvalue weighted by atomic mass is 9.85. The number of thiazole rings is 1. The van der Waals surface area contributed by atoms with Gasteiger partial charge in [-0.2, -0.15) is 0 Å². The zero-order valence-electron chi connectivity index (χ0n) is 16.1. The summed E-state index contributed by atoms with van der Waals surface area (Å²) in [6, 6.07) is 8.05. The van der Waals surface area contributed by atoms with Gasteiger partial charge < -0.3 is 4.90 Å². The zero-order valence-corrected chi connectivity index (χ0v) is 17.0. The van der Waals surface area contributed by atoms with Crippen LogP contribution in [0.3, 0.4) is 0 Å². The van der Waals surface area contributed by atoms with Crippen LogP contribution in [0.4, 0.5) is 4.79 Å². The van der Waals surface area contributed by atoms with Crippen LogP contribution in [0, 0.1) is 5.92 Å². The molecule has 27 heavy (non-hydrogen) atoms. The minimum absolute atomic E-state index is 0.0345. The van der Waals surface area contributed by atoms with Crippen molar-refractivity contribution in [1.82, 2.24) is 19.7 Å². The number of carbonyl (C=O) groups is 2. The Balaban J connectivity index is 1.48. The number of aromatic nitrogens is 1. The maximum Gasteiger partial charge on any atom is 0.327 e. The molecule has 2 fully saturated rings. The second kappa shape index (κ2) is 6.87. The quantitative estimate of drug-likeness (QED) is 0.758. The molecule has 0 bridgehead atoms. The van der Waals surface area contributed by atoms with E-state index in [1.54, 1.807) is 18.4 Å². The number of hydrogen-bond donors (Lipinski definition) is 0. The standard InChI is InChI=1S/C20H26N4O2S/c1-14(2)12-24-19(26)22(3)18(25)20(24)8-10-23(11-9-20)13-17-21-15-6-4-5-7-16(15)27-17/h4-7,14H,8-13H2,1-3H3. The first-order chi connectivity index (χ1) is 12.9. The average Bonchev–Trinajstić information content (AvgIpc) is 3.13. The normalized spacial score (nSPS) is 20.6. The molecule has 1 spiro atoms. The molecule has 4 rings (SSSR count). The van der Waals surface area contributed by atoms with Gasteiger partial charge in [-0.3, -0.25) is 14.6 Å². The van der Waals surface area contributed by atoms with Crippen LogP contribution in [0.25, 0.3) is 10.2 Å². The number of piperidine rings is 1. The molecular weight excluding hydrogens is 360 g/mol. The van der Waals surface area contributed by atoms with Gasteiger partial charge in [0.1, 0.15) is 10.5 Å². The Morgan fingerprint density at radius 2 is 1.89 bits per heavy atom. The lowest BCUT2D eigenvalue weighted by Crippen LogP contribution is -2.57. The third kappa shape index (κ3) is 3.12. The molecule has 0 unspecified atom stereocenters. The van der Waals surface area contributed by atoms with Crippen molar-refractivity contribution in [3.05, 3.63) is 29.3 Å². The Morgan fingerprint density at radius 1 is 1.19 bits per heavy atom. The van der Waals surface area contributed by atoms with Crippen molar-refractivity contribution < 1.29 is 9.59 Å². The molecule has 3 heterocycles. The van der Waals surface area contributed by atoms with Crippen LogP contribution in [0.15, 0.2) is 24.3 Å². The summed E-state index contributed by atoms with van der Waals surface area (Å²) in [5, 5.41) is 1.11. The van der Waals surface area contributed by atoms with Crippen LogP contribution in [0.2, 0.25) is 0 Å². The number of urea groups is 1. The van der Waals surface area contributed by atoms with Crippen molar-refractivity contribution in [2.75, 3.05) is 26.7 Å². The Kier molecular flexibility index (Phi) is 4.68. The van der Waals surface area contributed by atoms with Gasteiger partial charge in [-0.25, -0.2) is 9.78 Å². The first-order valence-corrected chi connectivity index (χ1v) is 10.4. The predicted molar refractivity (Wildman–Crippen MR) is 107 cm³/mol. The van der Waals surface area contributed by atoms with Crippen LogP contribution < -0.4 is 0 Å². The van der Waals surface area contributed by atoms with Crippen molar-refractivity contribution in [3.8, 4) is 0 Å². The topological polar surface area (TPSA) is 56.8 Å². The van der Waals surface area contributed by atoms with E-state index in [0.29, 0.717) is 25.3 Å². The third-order valence-electron chi connectivity index (χ3n) is 5.67. The lowest BCUT2D eigenvalue weighted by molar-refractivity contribution is -0.135. The molecule has 0 aliphatic carbocycles. The highest BCUT2D eigenvalue weighted by Gasteiger charge is 2.56. The number of amides is 3. The van der Waals surface area contributed by atoms with E-state index < -0.39 is 5.54 Å². The van der Waals surface area contributed by atoms with Crippen LogP contribution in [0.5, 0.6) is 0 Å². The molecule has 2 aliphatic rings. The molecule has 1 aromatic heterocycles. The monoisotopic (exact) mass is 386 g/mol. The van der Waals surface area contributed by atoms with E-state index in [1.165, 1.54) is 9.60 Å². The molecule has 2 aliphatic heterocycles. The van der Waals surface area contributed by atoms with Gasteiger partial charge in [0.15, 0.2) is 0 Å². The summed E-state index contributed by atoms with van der Waals surface area (Å²) in [6.07, 6.45) is 1.39. The summed E-state index contributed by atoms with van der Waals surface area (Å²) in [6.45, 7) is 7.22. The van der Waals surface area contributed by atoms with Gasteiger partial charge in [0.2, 0.25) is 0 Å². The van der Waals surface area contributed by atoms with Crippen molar-refractivity contribution in [2.24, 2.45) is 5.92 Å². The molecule has 3 amide bonds. The number of likely N-dealkylation sites (tertiary alicyclic amines) is 1. The van der Waals surface area contributed by atoms with Crippen molar-refractivity contribution in [1.29, 1.82) is 0 Å². The van der Waals surface area contributed by atoms with Gasteiger partial charge in [-0.15, -0.1) is 11.3 Å². The summed E-state index contributed by atoms with van der Waals surface area (Å²) in [5.74, 6) is 0.304. The number of para-hydroxylation sites is 1. The van der Waals surface area contributed by atoms with E-state index in [1.807, 2.05) is 23.1 Å². The van der Waals surface area contributed by atoms with E-state index >= 15 is 0 Å². The zero-order chi connectivity index (χ0) is 19.2. The molecule has 6 nitrogen and oxygen atoms in total. The molecule has 0 N–H and O–H groups in total. The van der Waals surface area contributed by atoms with Gasteiger partial charge in [-0.1, -0.05) is 26.0 Å². The third-order valence-corrected chi connectivity index (χ3v) is 6.69. The Hall–Kier alpha value is -1.99. The fraction of sp³-hybridized carbons (Fsp3) is 0.550. The first kappa shape index (κ1) is 18.4. The Morgan fingerprint density at radius 3 is 2.56 bits per heavy atom. The minimum atomic E-state index is -0.653. The number of hydrogen-bond acceptors (Lipinski definition) is 5. The second-order valence-electron chi connectivity index (χ2n) is 8.03. The molecule has 144 valence electrons. The van der Waals surface area contributed by atoms with E-state index in [9.17, 15) is 9.59 Å². The molecule has 7 heteroatoms. The Bertz CT molecular complexity index is 837. The number of nitrogens with zero attached hydrogens (tertiary/aromatic N) is 4. The maximum absolute atomic E-state index is 12.9. The van der Waals surface area contributed by atoms with E-state index in [-0.39, 0.29) is 11.9 Å². The summed E-state index contributed by atoms with van der Waals surface area (Å²) in [7, 11) is 1.61. The highest BCUT2D eigenvalue weighted by atomic mass is 32.1. The molecule has 0 atom stereocenters. The van der Waals surface area contributed by atoms with Gasteiger partial charge >= 0.3 is 6.03 Å². The fourth-order valence-corrected chi connectivity index (χ4v) is 5.25. The molecule has 2 aromatic rings. The van der Waals surface area contributed by atoms with Crippen LogP contribution in [-0.4, -0.2) is 63.8 Å². The van der Waals surface area contributed by atoms with Crippen LogP contribution >= 0.6 is 11.3 Å². The summed E-state index contributed by atoms with van der Waals surface area (Å²) in [5.41, 5.74) is 0.396. The van der Waals surface area contributed by atoms with Gasteiger partial charge in [0.25, 0.3) is 5.91 Å². The number of benzene rings is 1. The van der Waals surface area contributed by atoms with E-state index in [2.05, 4.69) is 24.8 Å². The highest BCUT2D eigenvalue weighted by molar-refractivity contribution is 7.18. The van der Waals surface area contributed by atoms with Gasteiger partial charge in [-0.05, 0) is 30.9 Å². The smallest absolute Gasteiger partial charge is 0.309 e. The molecule has 2 saturated heterocycles. The van der Waals surface area contributed by atoms with Gasteiger partial charge in [0.05, 0.1) is 16.8 Å². The number of imide groups is 1. The van der Waals surface area contributed by atoms with Crippen molar-refractivity contribution in [2.45, 2.75) is 38.8 Å². The largest absolute Gasteiger partial charge is 0.327 e. The maximum atomic E-state index is 12.9. The second-order valence-corrected chi connectivity index (χ2v) is 9.15. The Labute approximate surface area is 163 Å². The van der Waals surface area contributed by atoms with E-state index in [4.69, 9.17) is 4.98 Å². The van der Waals surface area contributed by atoms with Crippen LogP contribution in [0.1, 0.15) is 31.7 Å². The van der Waals surface area contributed by atoms with Crippen LogP contribution in [-0.2, 0) is 11.3 Å². The number of rotatable bonds is 4. The minimum Gasteiger partial charge on any atom is -0.309 e. The molecular formula is C20H26N4O2S. The van der Waals surface area contributed by atoms with Gasteiger partial charge in [0, 0.05) is 26.7 Å².